The van der Waals surface area contributed by atoms with Gasteiger partial charge >= 0.3 is 6.09 Å². The summed E-state index contributed by atoms with van der Waals surface area (Å²) in [5.74, 6) is 0. The highest BCUT2D eigenvalue weighted by molar-refractivity contribution is 7.09. The van der Waals surface area contributed by atoms with Gasteiger partial charge in [0, 0.05) is 24.0 Å². The third-order valence-electron chi connectivity index (χ3n) is 2.78. The third-order valence-corrected chi connectivity index (χ3v) is 3.72. The first kappa shape index (κ1) is 16.9. The zero-order valence-corrected chi connectivity index (χ0v) is 13.8. The van der Waals surface area contributed by atoms with Gasteiger partial charge in [-0.05, 0) is 34.1 Å². The molecular weight excluding hydrogens is 274 g/mol. The molecule has 0 spiro atoms. The molecule has 0 saturated heterocycles. The first-order chi connectivity index (χ1) is 9.31. The van der Waals surface area contributed by atoms with Crippen molar-refractivity contribution >= 4 is 17.4 Å². The Labute approximate surface area is 125 Å². The van der Waals surface area contributed by atoms with Gasteiger partial charge in [0.1, 0.15) is 5.60 Å². The molecule has 5 nitrogen and oxygen atoms in total. The summed E-state index contributed by atoms with van der Waals surface area (Å²) >= 11 is 1.65. The van der Waals surface area contributed by atoms with Crippen molar-refractivity contribution in [1.82, 2.24) is 15.6 Å². The quantitative estimate of drug-likeness (QED) is 0.848. The smallest absolute Gasteiger partial charge is 0.407 e. The maximum absolute atomic E-state index is 11.6. The molecule has 0 bridgehead atoms. The van der Waals surface area contributed by atoms with Gasteiger partial charge in [0.2, 0.25) is 0 Å². The van der Waals surface area contributed by atoms with Crippen LogP contribution < -0.4 is 10.6 Å². The molecule has 0 aliphatic heterocycles. The van der Waals surface area contributed by atoms with E-state index in [4.69, 9.17) is 4.74 Å². The lowest BCUT2D eigenvalue weighted by Gasteiger charge is -2.22. The Hall–Kier alpha value is -1.14. The minimum Gasteiger partial charge on any atom is -0.444 e. The van der Waals surface area contributed by atoms with Crippen molar-refractivity contribution in [3.63, 3.8) is 0 Å². The molecule has 0 aliphatic carbocycles. The lowest BCUT2D eigenvalue weighted by Crippen LogP contribution is -2.42. The molecular formula is C14H25N3O2S. The molecule has 20 heavy (non-hydrogen) atoms. The fourth-order valence-corrected chi connectivity index (χ4v) is 2.34. The molecule has 1 aromatic heterocycles. The van der Waals surface area contributed by atoms with Crippen LogP contribution in [-0.2, 0) is 11.3 Å². The van der Waals surface area contributed by atoms with Crippen LogP contribution in [0.25, 0.3) is 0 Å². The summed E-state index contributed by atoms with van der Waals surface area (Å²) in [6, 6.07) is 0.226. The second-order valence-electron chi connectivity index (χ2n) is 5.73. The molecule has 2 N–H and O–H groups in total. The molecule has 0 aromatic carbocycles. The Morgan fingerprint density at radius 3 is 2.70 bits per heavy atom. The number of hydrogen-bond acceptors (Lipinski definition) is 5. The monoisotopic (exact) mass is 299 g/mol. The second kappa shape index (κ2) is 7.59. The van der Waals surface area contributed by atoms with Crippen molar-refractivity contribution in [3.05, 3.63) is 16.1 Å². The van der Waals surface area contributed by atoms with Crippen LogP contribution in [0.5, 0.6) is 0 Å². The Morgan fingerprint density at radius 2 is 2.20 bits per heavy atom. The number of carbonyl (C=O) groups is 1. The first-order valence-electron chi connectivity index (χ1n) is 6.91. The fourth-order valence-electron chi connectivity index (χ4n) is 1.61. The molecule has 0 saturated carbocycles. The van der Waals surface area contributed by atoms with Crippen molar-refractivity contribution < 1.29 is 9.53 Å². The zero-order valence-electron chi connectivity index (χ0n) is 12.9. The Morgan fingerprint density at radius 1 is 1.50 bits per heavy atom. The summed E-state index contributed by atoms with van der Waals surface area (Å²) in [5, 5.41) is 6.23. The summed E-state index contributed by atoms with van der Waals surface area (Å²) in [6.07, 6.45) is 0.569. The van der Waals surface area contributed by atoms with E-state index in [1.807, 2.05) is 33.2 Å². The maximum Gasteiger partial charge on any atom is 0.407 e. The number of ether oxygens (including phenoxy) is 1. The fraction of sp³-hybridized carbons (Fsp3) is 0.714. The predicted molar refractivity (Wildman–Crippen MR) is 82.0 cm³/mol. The van der Waals surface area contributed by atoms with Crippen LogP contribution in [0.1, 0.15) is 44.7 Å². The number of alkyl carbamates (subject to hydrolysis) is 1. The largest absolute Gasteiger partial charge is 0.444 e. The summed E-state index contributed by atoms with van der Waals surface area (Å²) in [4.78, 5) is 17.1. The van der Waals surface area contributed by atoms with Gasteiger partial charge in [0.15, 0.2) is 0 Å². The molecule has 6 heteroatoms. The molecule has 1 aromatic rings. The van der Waals surface area contributed by atoms with Gasteiger partial charge in [-0.15, -0.1) is 11.3 Å². The highest BCUT2D eigenvalue weighted by Crippen LogP contribution is 2.12. The molecule has 0 fully saturated rings. The molecule has 1 heterocycles. The van der Waals surface area contributed by atoms with Crippen molar-refractivity contribution in [2.24, 2.45) is 0 Å². The van der Waals surface area contributed by atoms with E-state index in [-0.39, 0.29) is 12.1 Å². The molecule has 1 unspecified atom stereocenters. The number of hydrogen-bond donors (Lipinski definition) is 2. The average Bonchev–Trinajstić information content (AvgIpc) is 2.73. The van der Waals surface area contributed by atoms with Crippen LogP contribution in [0.4, 0.5) is 4.79 Å². The Kier molecular flexibility index (Phi) is 6.42. The van der Waals surface area contributed by atoms with E-state index in [9.17, 15) is 4.79 Å². The normalized spacial score (nSPS) is 13.1. The van der Waals surface area contributed by atoms with Gasteiger partial charge in [-0.2, -0.15) is 0 Å². The van der Waals surface area contributed by atoms with E-state index < -0.39 is 5.60 Å². The first-order valence-corrected chi connectivity index (χ1v) is 7.79. The lowest BCUT2D eigenvalue weighted by molar-refractivity contribution is 0.0522. The number of amides is 1. The van der Waals surface area contributed by atoms with Gasteiger partial charge in [0.25, 0.3) is 0 Å². The SMILES string of the molecule is CCC(CNC(=O)OC(C)(C)C)NCc1scnc1C. The predicted octanol–water partition coefficient (Wildman–Crippen LogP) is 2.84. The summed E-state index contributed by atoms with van der Waals surface area (Å²) in [7, 11) is 0. The Balaban J connectivity index is 2.33. The van der Waals surface area contributed by atoms with Gasteiger partial charge in [-0.3, -0.25) is 0 Å². The molecule has 1 amide bonds. The van der Waals surface area contributed by atoms with E-state index in [0.29, 0.717) is 6.54 Å². The van der Waals surface area contributed by atoms with Crippen molar-refractivity contribution in [2.45, 2.75) is 59.2 Å². The molecule has 1 rings (SSSR count). The maximum atomic E-state index is 11.6. The standard InChI is InChI=1S/C14H25N3O2S/c1-6-11(7-16-13(18)19-14(3,4)5)15-8-12-10(2)17-9-20-12/h9,11,15H,6-8H2,1-5H3,(H,16,18). The molecule has 0 radical (unpaired) electrons. The number of nitrogens with zero attached hydrogens (tertiary/aromatic N) is 1. The van der Waals surface area contributed by atoms with Gasteiger partial charge < -0.3 is 15.4 Å². The van der Waals surface area contributed by atoms with Gasteiger partial charge in [-0.1, -0.05) is 6.92 Å². The average molecular weight is 299 g/mol. The van der Waals surface area contributed by atoms with Crippen LogP contribution in [0.3, 0.4) is 0 Å². The van der Waals surface area contributed by atoms with Crippen LogP contribution in [0, 0.1) is 6.92 Å². The van der Waals surface area contributed by atoms with Crippen molar-refractivity contribution in [2.75, 3.05) is 6.54 Å². The minimum absolute atomic E-state index is 0.226. The lowest BCUT2D eigenvalue weighted by atomic mass is 10.2. The summed E-state index contributed by atoms with van der Waals surface area (Å²) in [5.41, 5.74) is 2.46. The van der Waals surface area contributed by atoms with Crippen LogP contribution in [-0.4, -0.2) is 29.3 Å². The van der Waals surface area contributed by atoms with Crippen molar-refractivity contribution in [1.29, 1.82) is 0 Å². The number of nitrogens with one attached hydrogen (secondary N) is 2. The number of aromatic nitrogens is 1. The summed E-state index contributed by atoms with van der Waals surface area (Å²) < 4.78 is 5.22. The van der Waals surface area contributed by atoms with Crippen LogP contribution >= 0.6 is 11.3 Å². The highest BCUT2D eigenvalue weighted by Gasteiger charge is 2.17. The molecule has 0 aliphatic rings. The van der Waals surface area contributed by atoms with E-state index in [1.165, 1.54) is 4.88 Å². The summed E-state index contributed by atoms with van der Waals surface area (Å²) in [6.45, 7) is 11.0. The molecule has 114 valence electrons. The van der Waals surface area contributed by atoms with E-state index in [1.54, 1.807) is 11.3 Å². The Bertz CT molecular complexity index is 426. The number of carbonyl (C=O) groups excluding carboxylic acids is 1. The van der Waals surface area contributed by atoms with Gasteiger partial charge in [0.05, 0.1) is 11.2 Å². The van der Waals surface area contributed by atoms with Gasteiger partial charge in [-0.25, -0.2) is 9.78 Å². The highest BCUT2D eigenvalue weighted by atomic mass is 32.1. The third kappa shape index (κ3) is 6.34. The topological polar surface area (TPSA) is 63.2 Å². The van der Waals surface area contributed by atoms with Crippen molar-refractivity contribution in [3.8, 4) is 0 Å². The van der Waals surface area contributed by atoms with E-state index >= 15 is 0 Å². The second-order valence-corrected chi connectivity index (χ2v) is 6.67. The minimum atomic E-state index is -0.459. The van der Waals surface area contributed by atoms with E-state index in [0.717, 1.165) is 18.7 Å². The number of thiazole rings is 1. The van der Waals surface area contributed by atoms with Crippen LogP contribution in [0.15, 0.2) is 5.51 Å². The zero-order chi connectivity index (χ0) is 15.2. The molecule has 1 atom stereocenters. The van der Waals surface area contributed by atoms with E-state index in [2.05, 4.69) is 22.5 Å². The number of aryl methyl sites for hydroxylation is 1. The van der Waals surface area contributed by atoms with Crippen LogP contribution in [0.2, 0.25) is 0 Å². The number of rotatable bonds is 6.